The van der Waals surface area contributed by atoms with Crippen molar-refractivity contribution in [3.8, 4) is 0 Å². The topological polar surface area (TPSA) is 26.3 Å². The largest absolute Gasteiger partial charge is 0.466 e. The van der Waals surface area contributed by atoms with Crippen LogP contribution in [0.5, 0.6) is 0 Å². The number of rotatable bonds is 2. The molecular weight excluding hydrogens is 260 g/mol. The molecule has 0 aliphatic heterocycles. The second-order valence-electron chi connectivity index (χ2n) is 6.56. The molecule has 0 bridgehead atoms. The van der Waals surface area contributed by atoms with Crippen molar-refractivity contribution in [2.24, 2.45) is 10.8 Å². The van der Waals surface area contributed by atoms with Crippen LogP contribution in [-0.2, 0) is 9.53 Å². The lowest BCUT2D eigenvalue weighted by molar-refractivity contribution is -0.138. The van der Waals surface area contributed by atoms with Gasteiger partial charge in [-0.15, -0.1) is 0 Å². The van der Waals surface area contributed by atoms with Gasteiger partial charge in [0.1, 0.15) is 0 Å². The molecule has 2 aliphatic rings. The highest BCUT2D eigenvalue weighted by Crippen LogP contribution is 2.77. The zero-order valence-electron chi connectivity index (χ0n) is 13.6. The minimum atomic E-state index is -0.194. The van der Waals surface area contributed by atoms with Crippen molar-refractivity contribution in [2.45, 2.75) is 34.6 Å². The van der Waals surface area contributed by atoms with Crippen molar-refractivity contribution in [1.82, 2.24) is 0 Å². The van der Waals surface area contributed by atoms with E-state index in [-0.39, 0.29) is 16.8 Å². The smallest absolute Gasteiger partial charge is 0.335 e. The number of ether oxygens (including phenoxy) is 1. The molecule has 2 nitrogen and oxygen atoms in total. The van der Waals surface area contributed by atoms with E-state index in [4.69, 9.17) is 4.74 Å². The van der Waals surface area contributed by atoms with E-state index >= 15 is 0 Å². The van der Waals surface area contributed by atoms with Crippen molar-refractivity contribution >= 4 is 11.5 Å². The summed E-state index contributed by atoms with van der Waals surface area (Å²) in [5, 5.41) is 0. The summed E-state index contributed by atoms with van der Waals surface area (Å²) < 4.78 is 5.07. The second-order valence-corrected chi connectivity index (χ2v) is 6.56. The molecule has 3 rings (SSSR count). The van der Waals surface area contributed by atoms with Crippen LogP contribution in [0.4, 0.5) is 0 Å². The summed E-state index contributed by atoms with van der Waals surface area (Å²) in [6, 6.07) is 8.28. The number of aryl methyl sites for hydroxylation is 1. The number of benzene rings is 1. The summed E-state index contributed by atoms with van der Waals surface area (Å²) >= 11 is 0. The molecule has 2 unspecified atom stereocenters. The second kappa shape index (κ2) is 4.09. The van der Waals surface area contributed by atoms with Crippen LogP contribution in [0.1, 0.15) is 38.8 Å². The van der Waals surface area contributed by atoms with Crippen LogP contribution in [-0.4, -0.2) is 13.1 Å². The van der Waals surface area contributed by atoms with E-state index in [2.05, 4.69) is 46.8 Å². The first-order valence-electron chi connectivity index (χ1n) is 7.39. The van der Waals surface area contributed by atoms with Crippen LogP contribution in [0, 0.1) is 17.8 Å². The average Bonchev–Trinajstić information content (AvgIpc) is 2.49. The van der Waals surface area contributed by atoms with Gasteiger partial charge in [0, 0.05) is 10.8 Å². The molecule has 21 heavy (non-hydrogen) atoms. The first-order chi connectivity index (χ1) is 9.81. The van der Waals surface area contributed by atoms with Gasteiger partial charge in [-0.2, -0.15) is 0 Å². The molecule has 0 fully saturated rings. The summed E-state index contributed by atoms with van der Waals surface area (Å²) in [5.41, 5.74) is 6.83. The fourth-order valence-electron chi connectivity index (χ4n) is 4.42. The van der Waals surface area contributed by atoms with Crippen LogP contribution in [0.2, 0.25) is 0 Å². The monoisotopic (exact) mass is 282 g/mol. The summed E-state index contributed by atoms with van der Waals surface area (Å²) in [6.07, 6.45) is 0. The molecule has 2 aliphatic carbocycles. The van der Waals surface area contributed by atoms with Crippen molar-refractivity contribution < 1.29 is 9.53 Å². The van der Waals surface area contributed by atoms with E-state index < -0.39 is 0 Å². The predicted molar refractivity (Wildman–Crippen MR) is 84.7 cm³/mol. The van der Waals surface area contributed by atoms with Gasteiger partial charge in [0.25, 0.3) is 0 Å². The predicted octanol–water partition coefficient (Wildman–Crippen LogP) is 4.30. The molecule has 0 radical (unpaired) electrons. The van der Waals surface area contributed by atoms with Crippen LogP contribution < -0.4 is 0 Å². The number of esters is 1. The molecule has 1 aromatic rings. The minimum Gasteiger partial charge on any atom is -0.466 e. The summed E-state index contributed by atoms with van der Waals surface area (Å²) in [4.78, 5) is 12.4. The minimum absolute atomic E-state index is 0.0489. The third kappa shape index (κ3) is 1.31. The van der Waals surface area contributed by atoms with Gasteiger partial charge in [0.15, 0.2) is 0 Å². The Morgan fingerprint density at radius 3 is 2.14 bits per heavy atom. The molecule has 2 atom stereocenters. The first kappa shape index (κ1) is 14.1. The van der Waals surface area contributed by atoms with E-state index in [1.54, 1.807) is 0 Å². The zero-order chi connectivity index (χ0) is 15.6. The number of allylic oxidation sites excluding steroid dienone is 3. The van der Waals surface area contributed by atoms with Gasteiger partial charge in [-0.25, -0.2) is 4.79 Å². The lowest BCUT2D eigenvalue weighted by Crippen LogP contribution is -2.60. The average molecular weight is 282 g/mol. The zero-order valence-corrected chi connectivity index (χ0v) is 13.6. The molecule has 0 N–H and O–H groups in total. The molecule has 0 saturated heterocycles. The van der Waals surface area contributed by atoms with Gasteiger partial charge in [0.2, 0.25) is 0 Å². The molecule has 2 heteroatoms. The first-order valence-corrected chi connectivity index (χ1v) is 7.39. The normalized spacial score (nSPS) is 30.6. The molecule has 0 heterocycles. The number of fused-ring (bicyclic) bond motifs is 1. The third-order valence-electron chi connectivity index (χ3n) is 6.12. The van der Waals surface area contributed by atoms with Gasteiger partial charge >= 0.3 is 5.97 Å². The Balaban J connectivity index is 2.29. The van der Waals surface area contributed by atoms with E-state index in [0.717, 1.165) is 11.1 Å². The maximum atomic E-state index is 12.4. The molecule has 110 valence electrons. The Hall–Kier alpha value is -1.83. The number of hydrogen-bond donors (Lipinski definition) is 0. The maximum absolute atomic E-state index is 12.4. The van der Waals surface area contributed by atoms with Crippen LogP contribution in [0.15, 0.2) is 41.0 Å². The Morgan fingerprint density at radius 1 is 1.00 bits per heavy atom. The van der Waals surface area contributed by atoms with Gasteiger partial charge in [-0.3, -0.25) is 0 Å². The van der Waals surface area contributed by atoms with Crippen LogP contribution in [0.3, 0.4) is 0 Å². The Bertz CT molecular complexity index is 723. The molecule has 0 aromatic heterocycles. The standard InChI is InChI=1S/C19H22O2/c1-11-9-7-8-10-14(11)15-16(17(20)21-6)19(5)13(3)12(2)18(15,19)4/h7-10H,1-6H3. The molecule has 1 aromatic carbocycles. The summed E-state index contributed by atoms with van der Waals surface area (Å²) in [5.74, 6) is -0.194. The van der Waals surface area contributed by atoms with E-state index in [9.17, 15) is 4.79 Å². The van der Waals surface area contributed by atoms with Crippen molar-refractivity contribution in [2.75, 3.05) is 7.11 Å². The lowest BCUT2D eigenvalue weighted by atomic mass is 9.35. The van der Waals surface area contributed by atoms with Gasteiger partial charge in [-0.1, -0.05) is 49.3 Å². The lowest BCUT2D eigenvalue weighted by Gasteiger charge is -2.67. The highest BCUT2D eigenvalue weighted by Gasteiger charge is 2.69. The highest BCUT2D eigenvalue weighted by molar-refractivity contribution is 6.09. The Morgan fingerprint density at radius 2 is 1.57 bits per heavy atom. The number of carbonyl (C=O) groups is 1. The van der Waals surface area contributed by atoms with Crippen LogP contribution in [0.25, 0.3) is 5.57 Å². The summed E-state index contributed by atoms with van der Waals surface area (Å²) in [7, 11) is 1.47. The van der Waals surface area contributed by atoms with E-state index in [0.29, 0.717) is 0 Å². The Labute approximate surface area is 126 Å². The summed E-state index contributed by atoms with van der Waals surface area (Å²) in [6.45, 7) is 10.8. The molecule has 0 saturated carbocycles. The maximum Gasteiger partial charge on any atom is 0.335 e. The van der Waals surface area contributed by atoms with Gasteiger partial charge in [0.05, 0.1) is 12.7 Å². The van der Waals surface area contributed by atoms with Crippen LogP contribution >= 0.6 is 0 Å². The molecule has 0 spiro atoms. The van der Waals surface area contributed by atoms with Crippen molar-refractivity contribution in [3.63, 3.8) is 0 Å². The van der Waals surface area contributed by atoms with Gasteiger partial charge < -0.3 is 4.74 Å². The van der Waals surface area contributed by atoms with E-state index in [1.807, 2.05) is 12.1 Å². The highest BCUT2D eigenvalue weighted by atomic mass is 16.5. The van der Waals surface area contributed by atoms with E-state index in [1.165, 1.54) is 29.4 Å². The fourth-order valence-corrected chi connectivity index (χ4v) is 4.42. The number of hydrogen-bond acceptors (Lipinski definition) is 2. The SMILES string of the molecule is COC(=O)C1=C(c2ccccc2C)C2(C)C(C)=C(C)C12C. The van der Waals surface area contributed by atoms with Crippen molar-refractivity contribution in [1.29, 1.82) is 0 Å². The third-order valence-corrected chi connectivity index (χ3v) is 6.12. The van der Waals surface area contributed by atoms with Gasteiger partial charge in [-0.05, 0) is 37.5 Å². The fraction of sp³-hybridized carbons (Fsp3) is 0.421. The molecular formula is C19H22O2. The quantitative estimate of drug-likeness (QED) is 0.597. The number of carbonyl (C=O) groups excluding carboxylic acids is 1. The number of methoxy groups -OCH3 is 1. The molecule has 0 amide bonds. The Kier molecular flexibility index (Phi) is 2.75. The van der Waals surface area contributed by atoms with Crippen molar-refractivity contribution in [3.05, 3.63) is 52.1 Å².